The Morgan fingerprint density at radius 1 is 1.09 bits per heavy atom. The van der Waals surface area contributed by atoms with Crippen LogP contribution in [0.25, 0.3) is 10.9 Å². The fourth-order valence-corrected chi connectivity index (χ4v) is 3.69. The zero-order valence-electron chi connectivity index (χ0n) is 14.0. The first kappa shape index (κ1) is 16.4. The van der Waals surface area contributed by atoms with Gasteiger partial charge in [0.15, 0.2) is 0 Å². The molecule has 0 saturated heterocycles. The van der Waals surface area contributed by atoms with Crippen LogP contribution in [0.4, 0.5) is 0 Å². The van der Waals surface area contributed by atoms with E-state index in [1.807, 2.05) is 12.1 Å². The number of rotatable bonds is 4. The van der Waals surface area contributed by atoms with E-state index in [2.05, 4.69) is 84.9 Å². The highest BCUT2D eigenvalue weighted by atomic mass is 127. The number of halogens is 1. The van der Waals surface area contributed by atoms with E-state index in [-0.39, 0.29) is 5.41 Å². The van der Waals surface area contributed by atoms with E-state index < -0.39 is 0 Å². The van der Waals surface area contributed by atoms with Crippen LogP contribution in [-0.2, 0) is 5.41 Å². The third kappa shape index (κ3) is 2.65. The van der Waals surface area contributed by atoms with Crippen molar-refractivity contribution < 1.29 is 4.74 Å². The number of aromatic amines is 1. The topological polar surface area (TPSA) is 25.0 Å². The summed E-state index contributed by atoms with van der Waals surface area (Å²) in [6.45, 7) is 6.90. The third-order valence-corrected chi connectivity index (χ3v) is 5.76. The molecule has 1 unspecified atom stereocenters. The minimum absolute atomic E-state index is 0.0861. The summed E-state index contributed by atoms with van der Waals surface area (Å²) < 4.78 is 6.89. The predicted molar refractivity (Wildman–Crippen MR) is 105 cm³/mol. The van der Waals surface area contributed by atoms with Crippen LogP contribution < -0.4 is 4.74 Å². The van der Waals surface area contributed by atoms with Crippen LogP contribution in [0.1, 0.15) is 31.9 Å². The maximum absolute atomic E-state index is 5.64. The normalized spacial score (nSPS) is 14.2. The molecule has 1 aromatic heterocycles. The summed E-state index contributed by atoms with van der Waals surface area (Å²) in [6.07, 6.45) is 2.14. The van der Waals surface area contributed by atoms with Crippen molar-refractivity contribution in [3.8, 4) is 5.75 Å². The summed E-state index contributed by atoms with van der Waals surface area (Å²) in [5.74, 6) is 1.38. The van der Waals surface area contributed by atoms with E-state index in [1.54, 1.807) is 7.11 Å². The second-order valence-corrected chi connectivity index (χ2v) is 7.69. The smallest absolute Gasteiger partial charge is 0.128 e. The number of H-pyrrole nitrogens is 1. The minimum Gasteiger partial charge on any atom is -0.496 e. The molecule has 0 radical (unpaired) electrons. The molecule has 0 aliphatic heterocycles. The van der Waals surface area contributed by atoms with Gasteiger partial charge in [0.25, 0.3) is 0 Å². The summed E-state index contributed by atoms with van der Waals surface area (Å²) in [6, 6.07) is 15.0. The maximum atomic E-state index is 5.64. The molecule has 23 heavy (non-hydrogen) atoms. The third-order valence-electron chi connectivity index (χ3n) is 5.05. The van der Waals surface area contributed by atoms with Crippen LogP contribution in [0.5, 0.6) is 5.75 Å². The molecule has 1 atom stereocenters. The van der Waals surface area contributed by atoms with Crippen molar-refractivity contribution in [2.24, 2.45) is 5.92 Å². The molecule has 0 aliphatic carbocycles. The number of benzene rings is 2. The Hall–Kier alpha value is -1.49. The molecule has 3 aromatic rings. The second kappa shape index (κ2) is 6.19. The summed E-state index contributed by atoms with van der Waals surface area (Å²) >= 11 is 2.35. The fourth-order valence-electron chi connectivity index (χ4n) is 3.33. The second-order valence-electron chi connectivity index (χ2n) is 6.45. The zero-order chi connectivity index (χ0) is 16.6. The lowest BCUT2D eigenvalue weighted by atomic mass is 9.68. The van der Waals surface area contributed by atoms with E-state index in [0.717, 1.165) is 11.3 Å². The lowest BCUT2D eigenvalue weighted by Crippen LogP contribution is -2.30. The van der Waals surface area contributed by atoms with Crippen LogP contribution in [-0.4, -0.2) is 12.1 Å². The van der Waals surface area contributed by atoms with Crippen LogP contribution in [0.2, 0.25) is 0 Å². The van der Waals surface area contributed by atoms with Crippen molar-refractivity contribution in [1.29, 1.82) is 0 Å². The van der Waals surface area contributed by atoms with Gasteiger partial charge in [-0.25, -0.2) is 0 Å². The molecule has 120 valence electrons. The molecule has 2 aromatic carbocycles. The number of ether oxygens (including phenoxy) is 1. The molecule has 2 nitrogen and oxygen atoms in total. The molecule has 0 bridgehead atoms. The monoisotopic (exact) mass is 419 g/mol. The first-order valence-electron chi connectivity index (χ1n) is 7.89. The lowest BCUT2D eigenvalue weighted by Gasteiger charge is -2.35. The number of aromatic nitrogens is 1. The average molecular weight is 419 g/mol. The first-order valence-corrected chi connectivity index (χ1v) is 8.97. The van der Waals surface area contributed by atoms with Crippen molar-refractivity contribution in [1.82, 2.24) is 4.98 Å². The highest BCUT2D eigenvalue weighted by molar-refractivity contribution is 14.1. The van der Waals surface area contributed by atoms with Gasteiger partial charge >= 0.3 is 0 Å². The van der Waals surface area contributed by atoms with Gasteiger partial charge in [-0.05, 0) is 63.9 Å². The Kier molecular flexibility index (Phi) is 4.41. The Morgan fingerprint density at radius 3 is 2.39 bits per heavy atom. The van der Waals surface area contributed by atoms with Crippen molar-refractivity contribution in [2.75, 3.05) is 7.11 Å². The van der Waals surface area contributed by atoms with E-state index >= 15 is 0 Å². The van der Waals surface area contributed by atoms with Crippen LogP contribution in [0.15, 0.2) is 48.7 Å². The summed E-state index contributed by atoms with van der Waals surface area (Å²) in [5.41, 5.74) is 3.66. The maximum Gasteiger partial charge on any atom is 0.128 e. The summed E-state index contributed by atoms with van der Waals surface area (Å²) in [4.78, 5) is 3.42. The summed E-state index contributed by atoms with van der Waals surface area (Å²) in [7, 11) is 1.74. The van der Waals surface area contributed by atoms with Gasteiger partial charge in [-0.3, -0.25) is 0 Å². The van der Waals surface area contributed by atoms with Gasteiger partial charge in [0.2, 0.25) is 0 Å². The molecule has 0 saturated carbocycles. The summed E-state index contributed by atoms with van der Waals surface area (Å²) in [5, 5.41) is 1.18. The quantitative estimate of drug-likeness (QED) is 0.536. The Morgan fingerprint density at radius 2 is 1.78 bits per heavy atom. The minimum atomic E-state index is -0.0861. The fraction of sp³-hybridized carbons (Fsp3) is 0.300. The van der Waals surface area contributed by atoms with E-state index in [0.29, 0.717) is 5.92 Å². The van der Waals surface area contributed by atoms with Crippen molar-refractivity contribution in [3.05, 3.63) is 63.4 Å². The molecule has 0 spiro atoms. The zero-order valence-corrected chi connectivity index (χ0v) is 16.1. The van der Waals surface area contributed by atoms with Gasteiger partial charge in [0, 0.05) is 26.1 Å². The van der Waals surface area contributed by atoms with Gasteiger partial charge in [-0.2, -0.15) is 0 Å². The molecule has 3 rings (SSSR count). The number of hydrogen-bond acceptors (Lipinski definition) is 1. The van der Waals surface area contributed by atoms with E-state index in [1.165, 1.54) is 20.1 Å². The lowest BCUT2D eigenvalue weighted by molar-refractivity contribution is 0.401. The number of methoxy groups -OCH3 is 1. The highest BCUT2D eigenvalue weighted by Crippen LogP contribution is 2.44. The molecule has 1 heterocycles. The SMILES string of the molecule is COc1cccc2[nH]cc(C(C)(c3ccc(I)cc3)C(C)C)c12. The number of nitrogens with one attached hydrogen (secondary N) is 1. The molecular weight excluding hydrogens is 397 g/mol. The average Bonchev–Trinajstić information content (AvgIpc) is 2.99. The molecule has 3 heteroatoms. The number of hydrogen-bond donors (Lipinski definition) is 1. The van der Waals surface area contributed by atoms with Gasteiger partial charge in [0.1, 0.15) is 5.75 Å². The Bertz CT molecular complexity index is 819. The molecule has 0 fully saturated rings. The molecule has 0 aliphatic rings. The first-order chi connectivity index (χ1) is 11.0. The van der Waals surface area contributed by atoms with Gasteiger partial charge in [-0.15, -0.1) is 0 Å². The predicted octanol–water partition coefficient (Wildman–Crippen LogP) is 5.74. The van der Waals surface area contributed by atoms with Crippen molar-refractivity contribution in [2.45, 2.75) is 26.2 Å². The van der Waals surface area contributed by atoms with Crippen LogP contribution in [0.3, 0.4) is 0 Å². The largest absolute Gasteiger partial charge is 0.496 e. The molecule has 1 N–H and O–H groups in total. The Labute approximate surface area is 151 Å². The Balaban J connectivity index is 2.29. The van der Waals surface area contributed by atoms with Crippen molar-refractivity contribution in [3.63, 3.8) is 0 Å². The highest BCUT2D eigenvalue weighted by Gasteiger charge is 2.35. The van der Waals surface area contributed by atoms with Crippen LogP contribution >= 0.6 is 22.6 Å². The van der Waals surface area contributed by atoms with E-state index in [4.69, 9.17) is 4.74 Å². The number of fused-ring (bicyclic) bond motifs is 1. The van der Waals surface area contributed by atoms with Gasteiger partial charge < -0.3 is 9.72 Å². The van der Waals surface area contributed by atoms with Gasteiger partial charge in [-0.1, -0.05) is 39.0 Å². The van der Waals surface area contributed by atoms with Crippen LogP contribution in [0, 0.1) is 9.49 Å². The standard InChI is InChI=1S/C20H22INO/c1-13(2)20(3,14-8-10-15(21)11-9-14)16-12-22-17-6-5-7-18(23-4)19(16)17/h5-13,22H,1-4H3. The molecular formula is C20H22INO. The molecule has 0 amide bonds. The van der Waals surface area contributed by atoms with E-state index in [9.17, 15) is 0 Å². The van der Waals surface area contributed by atoms with Gasteiger partial charge in [0.05, 0.1) is 7.11 Å². The van der Waals surface area contributed by atoms with Crippen molar-refractivity contribution >= 4 is 33.5 Å².